The van der Waals surface area contributed by atoms with Gasteiger partial charge in [0.05, 0.1) is 12.1 Å². The number of methoxy groups -OCH3 is 1. The molecule has 1 atom stereocenters. The largest absolute Gasteiger partial charge is 0.497 e. The van der Waals surface area contributed by atoms with Gasteiger partial charge in [-0.1, -0.05) is 6.07 Å². The Morgan fingerprint density at radius 1 is 1.12 bits per heavy atom. The highest BCUT2D eigenvalue weighted by Gasteiger charge is 2.24. The number of halogens is 1. The maximum absolute atomic E-state index is 5.38. The molecule has 2 N–H and O–H groups in total. The number of hydrogen-bond donors (Lipinski definition) is 2. The highest BCUT2D eigenvalue weighted by molar-refractivity contribution is 14.0. The molecule has 4 rings (SSSR count). The van der Waals surface area contributed by atoms with Crippen LogP contribution >= 0.6 is 35.3 Å². The van der Waals surface area contributed by atoms with Crippen LogP contribution in [-0.4, -0.2) is 58.4 Å². The van der Waals surface area contributed by atoms with Gasteiger partial charge in [0.2, 0.25) is 0 Å². The van der Waals surface area contributed by atoms with E-state index in [9.17, 15) is 0 Å². The van der Waals surface area contributed by atoms with Gasteiger partial charge in [-0.05, 0) is 61.7 Å². The quantitative estimate of drug-likeness (QED) is 0.294. The monoisotopic (exact) mass is 569 g/mol. The molecule has 32 heavy (non-hydrogen) atoms. The third-order valence-corrected chi connectivity index (χ3v) is 7.14. The van der Waals surface area contributed by atoms with Gasteiger partial charge in [0.15, 0.2) is 5.96 Å². The van der Waals surface area contributed by atoms with Crippen molar-refractivity contribution >= 4 is 52.0 Å². The average molecular weight is 570 g/mol. The number of ether oxygens (including phenoxy) is 1. The van der Waals surface area contributed by atoms with Gasteiger partial charge in [-0.15, -0.1) is 35.3 Å². The number of anilines is 2. The third kappa shape index (κ3) is 6.66. The first-order chi connectivity index (χ1) is 15.2. The summed E-state index contributed by atoms with van der Waals surface area (Å²) in [7, 11) is 1.72. The molecule has 0 aliphatic carbocycles. The smallest absolute Gasteiger partial charge is 0.191 e. The van der Waals surface area contributed by atoms with Gasteiger partial charge >= 0.3 is 0 Å². The summed E-state index contributed by atoms with van der Waals surface area (Å²) in [5.74, 6) is 2.47. The number of benzene rings is 1. The Kier molecular flexibility index (Phi) is 9.77. The number of nitrogens with zero attached hydrogens (tertiary/aromatic N) is 3. The summed E-state index contributed by atoms with van der Waals surface area (Å²) in [6.45, 7) is 8.24. The fraction of sp³-hybridized carbons (Fsp3) is 0.542. The molecule has 8 heteroatoms. The number of nitrogens with one attached hydrogen (secondary N) is 2. The summed E-state index contributed by atoms with van der Waals surface area (Å²) < 4.78 is 5.38. The molecule has 1 aromatic carbocycles. The van der Waals surface area contributed by atoms with E-state index in [0.717, 1.165) is 63.8 Å². The predicted molar refractivity (Wildman–Crippen MR) is 147 cm³/mol. The van der Waals surface area contributed by atoms with E-state index >= 15 is 0 Å². The molecule has 6 nitrogen and oxygen atoms in total. The lowest BCUT2D eigenvalue weighted by molar-refractivity contribution is 0.415. The van der Waals surface area contributed by atoms with Crippen LogP contribution in [0.25, 0.3) is 0 Å². The second-order valence-corrected chi connectivity index (χ2v) is 9.30. The number of hydrogen-bond acceptors (Lipinski definition) is 5. The Hall–Kier alpha value is -1.68. The standard InChI is InChI=1S/C24H35N5OS.HI/c1-3-25-24(27-20-10-13-28(14-11-20)23-8-5-15-31-23)26-17-19-9-12-29(18-19)21-6-4-7-22(16-21)30-2;/h4-8,15-16,19-20H,3,9-14,17-18H2,1-2H3,(H2,25,26,27);1H. The molecule has 0 amide bonds. The van der Waals surface area contributed by atoms with Crippen LogP contribution in [-0.2, 0) is 0 Å². The Bertz CT molecular complexity index is 839. The Morgan fingerprint density at radius 3 is 2.66 bits per heavy atom. The van der Waals surface area contributed by atoms with E-state index < -0.39 is 0 Å². The zero-order valence-corrected chi connectivity index (χ0v) is 22.3. The van der Waals surface area contributed by atoms with Gasteiger partial charge in [0.1, 0.15) is 5.75 Å². The minimum Gasteiger partial charge on any atom is -0.497 e. The minimum absolute atomic E-state index is 0. The number of thiophene rings is 1. The molecule has 0 bridgehead atoms. The lowest BCUT2D eigenvalue weighted by Crippen LogP contribution is -2.48. The summed E-state index contributed by atoms with van der Waals surface area (Å²) in [5, 5.41) is 10.7. The van der Waals surface area contributed by atoms with Crippen molar-refractivity contribution in [1.82, 2.24) is 10.6 Å². The maximum atomic E-state index is 5.38. The van der Waals surface area contributed by atoms with E-state index in [2.05, 4.69) is 63.1 Å². The van der Waals surface area contributed by atoms with E-state index in [-0.39, 0.29) is 24.0 Å². The molecule has 0 saturated carbocycles. The molecule has 2 aromatic rings. The molecule has 1 unspecified atom stereocenters. The lowest BCUT2D eigenvalue weighted by Gasteiger charge is -2.33. The van der Waals surface area contributed by atoms with Crippen molar-refractivity contribution in [2.75, 3.05) is 56.2 Å². The van der Waals surface area contributed by atoms with Crippen LogP contribution in [0.3, 0.4) is 0 Å². The normalized spacial score (nSPS) is 19.6. The first-order valence-corrected chi connectivity index (χ1v) is 12.4. The van der Waals surface area contributed by atoms with Gasteiger partial charge in [-0.25, -0.2) is 0 Å². The summed E-state index contributed by atoms with van der Waals surface area (Å²) in [4.78, 5) is 9.90. The second-order valence-electron chi connectivity index (χ2n) is 8.38. The number of aliphatic imine (C=N–C) groups is 1. The van der Waals surface area contributed by atoms with E-state index in [1.165, 1.54) is 17.1 Å². The van der Waals surface area contributed by atoms with Gasteiger partial charge in [-0.2, -0.15) is 0 Å². The van der Waals surface area contributed by atoms with Crippen molar-refractivity contribution < 1.29 is 4.74 Å². The van der Waals surface area contributed by atoms with Crippen LogP contribution < -0.4 is 25.2 Å². The molecule has 1 aromatic heterocycles. The fourth-order valence-electron chi connectivity index (χ4n) is 4.45. The zero-order valence-electron chi connectivity index (χ0n) is 19.1. The highest BCUT2D eigenvalue weighted by atomic mass is 127. The summed E-state index contributed by atoms with van der Waals surface area (Å²) >= 11 is 1.83. The van der Waals surface area contributed by atoms with Crippen molar-refractivity contribution in [3.8, 4) is 5.75 Å². The average Bonchev–Trinajstić information content (AvgIpc) is 3.51. The van der Waals surface area contributed by atoms with Gasteiger partial charge in [-0.3, -0.25) is 4.99 Å². The van der Waals surface area contributed by atoms with Crippen molar-refractivity contribution in [2.24, 2.45) is 10.9 Å². The van der Waals surface area contributed by atoms with Crippen LogP contribution in [0, 0.1) is 5.92 Å². The van der Waals surface area contributed by atoms with Gasteiger partial charge in [0.25, 0.3) is 0 Å². The molecule has 2 fully saturated rings. The number of piperidine rings is 1. The molecule has 2 saturated heterocycles. The topological polar surface area (TPSA) is 52.1 Å². The number of rotatable bonds is 7. The van der Waals surface area contributed by atoms with Crippen molar-refractivity contribution in [3.05, 3.63) is 41.8 Å². The molecular weight excluding hydrogens is 533 g/mol. The SMILES string of the molecule is CCNC(=NCC1CCN(c2cccc(OC)c2)C1)NC1CCN(c2cccs2)CC1.I. The molecule has 2 aliphatic rings. The summed E-state index contributed by atoms with van der Waals surface area (Å²) in [5.41, 5.74) is 1.24. The van der Waals surface area contributed by atoms with Crippen molar-refractivity contribution in [2.45, 2.75) is 32.2 Å². The lowest BCUT2D eigenvalue weighted by atomic mass is 10.1. The van der Waals surface area contributed by atoms with Crippen LogP contribution in [0.4, 0.5) is 10.7 Å². The van der Waals surface area contributed by atoms with E-state index in [1.807, 2.05) is 17.4 Å². The van der Waals surface area contributed by atoms with Gasteiger partial charge < -0.3 is 25.2 Å². The van der Waals surface area contributed by atoms with Crippen LogP contribution in [0.1, 0.15) is 26.2 Å². The molecular formula is C24H36IN5OS. The maximum Gasteiger partial charge on any atom is 0.191 e. The van der Waals surface area contributed by atoms with Gasteiger partial charge in [0, 0.05) is 57.1 Å². The Labute approximate surface area is 213 Å². The summed E-state index contributed by atoms with van der Waals surface area (Å²) in [6, 6.07) is 13.2. The van der Waals surface area contributed by atoms with E-state index in [1.54, 1.807) is 7.11 Å². The Morgan fingerprint density at radius 2 is 1.94 bits per heavy atom. The minimum atomic E-state index is 0. The van der Waals surface area contributed by atoms with Crippen LogP contribution in [0.15, 0.2) is 46.8 Å². The summed E-state index contributed by atoms with van der Waals surface area (Å²) in [6.07, 6.45) is 3.48. The second kappa shape index (κ2) is 12.5. The van der Waals surface area contributed by atoms with Crippen molar-refractivity contribution in [1.29, 1.82) is 0 Å². The molecule has 2 aliphatic heterocycles. The van der Waals surface area contributed by atoms with Crippen molar-refractivity contribution in [3.63, 3.8) is 0 Å². The van der Waals surface area contributed by atoms with E-state index in [0.29, 0.717) is 12.0 Å². The first kappa shape index (κ1) is 25.0. The fourth-order valence-corrected chi connectivity index (χ4v) is 5.24. The zero-order chi connectivity index (χ0) is 21.5. The Balaban J connectivity index is 0.00000289. The molecule has 0 radical (unpaired) electrons. The predicted octanol–water partition coefficient (Wildman–Crippen LogP) is 4.43. The third-order valence-electron chi connectivity index (χ3n) is 6.21. The molecule has 0 spiro atoms. The van der Waals surface area contributed by atoms with E-state index in [4.69, 9.17) is 9.73 Å². The number of guanidine groups is 1. The van der Waals surface area contributed by atoms with Crippen LogP contribution in [0.5, 0.6) is 5.75 Å². The molecule has 176 valence electrons. The molecule has 3 heterocycles. The van der Waals surface area contributed by atoms with Crippen LogP contribution in [0.2, 0.25) is 0 Å². The highest BCUT2D eigenvalue weighted by Crippen LogP contribution is 2.27. The first-order valence-electron chi connectivity index (χ1n) is 11.5.